The van der Waals surface area contributed by atoms with Gasteiger partial charge in [-0.2, -0.15) is 4.31 Å². The van der Waals surface area contributed by atoms with Crippen molar-refractivity contribution in [1.29, 1.82) is 0 Å². The maximum absolute atomic E-state index is 13.1. The molecule has 0 bridgehead atoms. The van der Waals surface area contributed by atoms with Gasteiger partial charge in [-0.1, -0.05) is 17.4 Å². The minimum absolute atomic E-state index is 0.0806. The van der Waals surface area contributed by atoms with Crippen LogP contribution >= 0.6 is 11.3 Å². The van der Waals surface area contributed by atoms with Gasteiger partial charge >= 0.3 is 0 Å². The molecule has 5 rings (SSSR count). The van der Waals surface area contributed by atoms with Crippen molar-refractivity contribution in [2.45, 2.75) is 44.8 Å². The molecule has 1 amide bonds. The highest BCUT2D eigenvalue weighted by molar-refractivity contribution is 7.89. The molecule has 0 N–H and O–H groups in total. The van der Waals surface area contributed by atoms with Gasteiger partial charge in [0, 0.05) is 44.8 Å². The maximum atomic E-state index is 13.1. The van der Waals surface area contributed by atoms with Gasteiger partial charge in [-0.05, 0) is 69.2 Å². The average molecular weight is 529 g/mol. The number of fused-ring (bicyclic) bond motifs is 1. The van der Waals surface area contributed by atoms with Crippen LogP contribution in [0.2, 0.25) is 0 Å². The number of hydrogen-bond donors (Lipinski definition) is 0. The lowest BCUT2D eigenvalue weighted by molar-refractivity contribution is -0.0440. The molecule has 0 saturated carbocycles. The zero-order chi connectivity index (χ0) is 25.6. The van der Waals surface area contributed by atoms with Gasteiger partial charge in [0.15, 0.2) is 5.13 Å². The number of thiazole rings is 1. The van der Waals surface area contributed by atoms with Crippen LogP contribution in [0.3, 0.4) is 0 Å². The number of carbonyl (C=O) groups is 1. The summed E-state index contributed by atoms with van der Waals surface area (Å²) in [5.41, 5.74) is 3.97. The molecule has 2 unspecified atom stereocenters. The van der Waals surface area contributed by atoms with Crippen LogP contribution in [-0.2, 0) is 14.8 Å². The number of amides is 1. The molecule has 2 atom stereocenters. The van der Waals surface area contributed by atoms with Gasteiger partial charge in [0.05, 0.1) is 27.3 Å². The van der Waals surface area contributed by atoms with Crippen molar-refractivity contribution in [2.75, 3.05) is 44.2 Å². The third-order valence-electron chi connectivity index (χ3n) is 6.78. The lowest BCUT2D eigenvalue weighted by Gasteiger charge is -2.35. The number of piperazine rings is 1. The highest BCUT2D eigenvalue weighted by Gasteiger charge is 2.32. The van der Waals surface area contributed by atoms with Gasteiger partial charge in [0.1, 0.15) is 0 Å². The molecule has 0 radical (unpaired) electrons. The molecule has 192 valence electrons. The number of sulfonamides is 1. The van der Waals surface area contributed by atoms with E-state index >= 15 is 0 Å². The number of rotatable bonds is 4. The van der Waals surface area contributed by atoms with Crippen molar-refractivity contribution in [3.8, 4) is 0 Å². The summed E-state index contributed by atoms with van der Waals surface area (Å²) in [6.45, 7) is 11.2. The zero-order valence-corrected chi connectivity index (χ0v) is 22.7. The normalized spacial score (nSPS) is 21.8. The van der Waals surface area contributed by atoms with Crippen LogP contribution in [0.4, 0.5) is 5.13 Å². The van der Waals surface area contributed by atoms with Crippen LogP contribution in [0.25, 0.3) is 10.2 Å². The molecule has 3 aromatic rings. The van der Waals surface area contributed by atoms with Crippen LogP contribution in [0, 0.1) is 13.8 Å². The molecular weight excluding hydrogens is 496 g/mol. The largest absolute Gasteiger partial charge is 0.373 e. The highest BCUT2D eigenvalue weighted by atomic mass is 32.2. The van der Waals surface area contributed by atoms with Crippen molar-refractivity contribution in [1.82, 2.24) is 14.2 Å². The van der Waals surface area contributed by atoms with Crippen LogP contribution in [0.5, 0.6) is 0 Å². The first-order valence-electron chi connectivity index (χ1n) is 12.3. The van der Waals surface area contributed by atoms with Crippen molar-refractivity contribution in [3.63, 3.8) is 0 Å². The summed E-state index contributed by atoms with van der Waals surface area (Å²) in [4.78, 5) is 22.3. The number of ether oxygens (including phenoxy) is 1. The Hall–Kier alpha value is -2.53. The quantitative estimate of drug-likeness (QED) is 0.514. The molecule has 1 aromatic heterocycles. The average Bonchev–Trinajstić information content (AvgIpc) is 3.28. The lowest BCUT2D eigenvalue weighted by atomic mass is 10.1. The van der Waals surface area contributed by atoms with E-state index in [0.29, 0.717) is 44.8 Å². The number of benzene rings is 2. The summed E-state index contributed by atoms with van der Waals surface area (Å²) >= 11 is 1.70. The highest BCUT2D eigenvalue weighted by Crippen LogP contribution is 2.32. The summed E-state index contributed by atoms with van der Waals surface area (Å²) in [7, 11) is -3.63. The predicted molar refractivity (Wildman–Crippen MR) is 142 cm³/mol. The second-order valence-electron chi connectivity index (χ2n) is 9.81. The van der Waals surface area contributed by atoms with E-state index in [1.807, 2.05) is 18.7 Å². The number of aryl methyl sites for hydroxylation is 2. The second-order valence-corrected chi connectivity index (χ2v) is 12.8. The Balaban J connectivity index is 1.24. The summed E-state index contributed by atoms with van der Waals surface area (Å²) in [5.74, 6) is -0.0806. The molecule has 2 fully saturated rings. The Morgan fingerprint density at radius 1 is 1.00 bits per heavy atom. The molecule has 2 saturated heterocycles. The van der Waals surface area contributed by atoms with Gasteiger partial charge in [-0.25, -0.2) is 13.4 Å². The van der Waals surface area contributed by atoms with E-state index in [-0.39, 0.29) is 23.0 Å². The number of hydrogen-bond acceptors (Lipinski definition) is 7. The van der Waals surface area contributed by atoms with E-state index in [2.05, 4.69) is 30.9 Å². The molecule has 0 aliphatic carbocycles. The first kappa shape index (κ1) is 25.1. The minimum atomic E-state index is -3.63. The first-order valence-corrected chi connectivity index (χ1v) is 14.5. The number of carbonyl (C=O) groups excluding carboxylic acids is 1. The summed E-state index contributed by atoms with van der Waals surface area (Å²) < 4.78 is 34.5. The molecule has 3 heterocycles. The van der Waals surface area contributed by atoms with Crippen LogP contribution in [0.1, 0.15) is 35.3 Å². The van der Waals surface area contributed by atoms with E-state index in [4.69, 9.17) is 9.72 Å². The summed E-state index contributed by atoms with van der Waals surface area (Å²) in [6.07, 6.45) is -0.308. The van der Waals surface area contributed by atoms with E-state index in [9.17, 15) is 13.2 Å². The smallest absolute Gasteiger partial charge is 0.253 e. The number of morpholine rings is 1. The Bertz CT molecular complexity index is 1370. The molecule has 0 spiro atoms. The SMILES string of the molecule is Cc1cc(C)c2nc(N3CCN(C(=O)c4ccc(S(=O)(=O)N5CC(C)OC(C)C5)cc4)CC3)sc2c1. The summed E-state index contributed by atoms with van der Waals surface area (Å²) in [6, 6.07) is 10.6. The van der Waals surface area contributed by atoms with Crippen LogP contribution in [-0.4, -0.2) is 80.0 Å². The van der Waals surface area contributed by atoms with Crippen LogP contribution < -0.4 is 4.90 Å². The first-order chi connectivity index (χ1) is 17.1. The topological polar surface area (TPSA) is 83.1 Å². The van der Waals surface area contributed by atoms with Gasteiger partial charge in [0.25, 0.3) is 5.91 Å². The number of aromatic nitrogens is 1. The Kier molecular flexibility index (Phi) is 6.80. The monoisotopic (exact) mass is 528 g/mol. The van der Waals surface area contributed by atoms with E-state index in [1.165, 1.54) is 32.3 Å². The van der Waals surface area contributed by atoms with E-state index in [1.54, 1.807) is 23.5 Å². The Morgan fingerprint density at radius 2 is 1.64 bits per heavy atom. The van der Waals surface area contributed by atoms with Gasteiger partial charge in [-0.3, -0.25) is 4.79 Å². The molecule has 2 aromatic carbocycles. The predicted octanol–water partition coefficient (Wildman–Crippen LogP) is 3.67. The number of nitrogens with zero attached hydrogens (tertiary/aromatic N) is 4. The zero-order valence-electron chi connectivity index (χ0n) is 21.1. The Labute approximate surface area is 216 Å². The van der Waals surface area contributed by atoms with E-state index < -0.39 is 10.0 Å². The second kappa shape index (κ2) is 9.74. The molecule has 36 heavy (non-hydrogen) atoms. The van der Waals surface area contributed by atoms with Crippen LogP contribution in [0.15, 0.2) is 41.3 Å². The van der Waals surface area contributed by atoms with Crippen molar-refractivity contribution in [3.05, 3.63) is 53.1 Å². The third-order valence-corrected chi connectivity index (χ3v) is 9.69. The van der Waals surface area contributed by atoms with Gasteiger partial charge < -0.3 is 14.5 Å². The maximum Gasteiger partial charge on any atom is 0.253 e. The summed E-state index contributed by atoms with van der Waals surface area (Å²) in [5, 5.41) is 0.993. The van der Waals surface area contributed by atoms with Crippen molar-refractivity contribution in [2.24, 2.45) is 0 Å². The lowest BCUT2D eigenvalue weighted by Crippen LogP contribution is -2.48. The van der Waals surface area contributed by atoms with E-state index in [0.717, 1.165) is 10.6 Å². The standard InChI is InChI=1S/C26H32N4O4S2/c1-17-13-18(2)24-23(14-17)35-26(27-24)29-11-9-28(10-12-29)25(31)21-5-7-22(8-6-21)36(32,33)30-15-19(3)34-20(4)16-30/h5-8,13-14,19-20H,9-12,15-16H2,1-4H3. The molecule has 8 nitrogen and oxygen atoms in total. The fourth-order valence-electron chi connectivity index (χ4n) is 5.02. The molecule has 2 aliphatic rings. The minimum Gasteiger partial charge on any atom is -0.373 e. The molecule has 2 aliphatic heterocycles. The fourth-order valence-corrected chi connectivity index (χ4v) is 7.81. The number of anilines is 1. The van der Waals surface area contributed by atoms with Crippen molar-refractivity contribution < 1.29 is 17.9 Å². The fraction of sp³-hybridized carbons (Fsp3) is 0.462. The van der Waals surface area contributed by atoms with Gasteiger partial charge in [-0.15, -0.1) is 0 Å². The molecular formula is C26H32N4O4S2. The Morgan fingerprint density at radius 3 is 2.28 bits per heavy atom. The van der Waals surface area contributed by atoms with Crippen molar-refractivity contribution >= 4 is 42.6 Å². The third kappa shape index (κ3) is 4.87. The molecule has 10 heteroatoms. The van der Waals surface area contributed by atoms with Gasteiger partial charge in [0.2, 0.25) is 10.0 Å².